The van der Waals surface area contributed by atoms with Gasteiger partial charge in [-0.15, -0.1) is 0 Å². The van der Waals surface area contributed by atoms with Gasteiger partial charge in [-0.3, -0.25) is 0 Å². The van der Waals surface area contributed by atoms with Crippen LogP contribution in [0.3, 0.4) is 0 Å². The summed E-state index contributed by atoms with van der Waals surface area (Å²) in [5, 5.41) is 0. The maximum absolute atomic E-state index is 2.42. The second-order valence-corrected chi connectivity index (χ2v) is 4.87. The van der Waals surface area contributed by atoms with Gasteiger partial charge in [-0.05, 0) is 17.8 Å². The SMILES string of the molecule is CCC1C(C)C(C)C1C[NH+](C)C. The Kier molecular flexibility index (Phi) is 3.16. The van der Waals surface area contributed by atoms with Crippen LogP contribution in [0.5, 0.6) is 0 Å². The lowest BCUT2D eigenvalue weighted by atomic mass is 9.57. The van der Waals surface area contributed by atoms with Gasteiger partial charge in [0.2, 0.25) is 0 Å². The maximum Gasteiger partial charge on any atom is 0.0800 e. The first-order chi connectivity index (χ1) is 5.57. The Morgan fingerprint density at radius 3 is 1.92 bits per heavy atom. The van der Waals surface area contributed by atoms with Crippen LogP contribution in [0.1, 0.15) is 27.2 Å². The highest BCUT2D eigenvalue weighted by atomic mass is 15.1. The molecule has 0 amide bonds. The van der Waals surface area contributed by atoms with Crippen molar-refractivity contribution >= 4 is 0 Å². The molecule has 1 rings (SSSR count). The molecule has 0 radical (unpaired) electrons. The van der Waals surface area contributed by atoms with Crippen molar-refractivity contribution in [3.63, 3.8) is 0 Å². The summed E-state index contributed by atoms with van der Waals surface area (Å²) in [5.41, 5.74) is 0. The second-order valence-electron chi connectivity index (χ2n) is 4.87. The molecule has 4 unspecified atom stereocenters. The molecular weight excluding hydrogens is 146 g/mol. The summed E-state index contributed by atoms with van der Waals surface area (Å²) in [4.78, 5) is 1.61. The Balaban J connectivity index is 2.42. The number of hydrogen-bond acceptors (Lipinski definition) is 0. The Morgan fingerprint density at radius 2 is 1.50 bits per heavy atom. The molecule has 1 nitrogen and oxygen atoms in total. The molecule has 0 aromatic heterocycles. The van der Waals surface area contributed by atoms with Crippen molar-refractivity contribution in [2.45, 2.75) is 27.2 Å². The Hall–Kier alpha value is -0.0400. The molecule has 0 aromatic carbocycles. The molecule has 72 valence electrons. The van der Waals surface area contributed by atoms with Crippen molar-refractivity contribution in [1.82, 2.24) is 0 Å². The molecule has 1 fully saturated rings. The maximum atomic E-state index is 2.42. The topological polar surface area (TPSA) is 4.44 Å². The van der Waals surface area contributed by atoms with E-state index in [-0.39, 0.29) is 0 Å². The van der Waals surface area contributed by atoms with Gasteiger partial charge in [-0.25, -0.2) is 0 Å². The van der Waals surface area contributed by atoms with Crippen LogP contribution < -0.4 is 4.90 Å². The van der Waals surface area contributed by atoms with Gasteiger partial charge in [-0.2, -0.15) is 0 Å². The van der Waals surface area contributed by atoms with E-state index in [2.05, 4.69) is 34.9 Å². The molecule has 1 aliphatic rings. The molecule has 1 aliphatic carbocycles. The third-order valence-electron chi connectivity index (χ3n) is 3.85. The number of quaternary nitrogens is 1. The van der Waals surface area contributed by atoms with E-state index in [1.54, 1.807) is 4.90 Å². The van der Waals surface area contributed by atoms with Gasteiger partial charge in [0.15, 0.2) is 0 Å². The number of hydrogen-bond donors (Lipinski definition) is 1. The van der Waals surface area contributed by atoms with Crippen molar-refractivity contribution in [2.24, 2.45) is 23.7 Å². The summed E-state index contributed by atoms with van der Waals surface area (Å²) in [5.74, 6) is 3.94. The van der Waals surface area contributed by atoms with Gasteiger partial charge in [0, 0.05) is 5.92 Å². The predicted octanol–water partition coefficient (Wildman–Crippen LogP) is 1.06. The average molecular weight is 170 g/mol. The molecule has 1 heteroatoms. The third-order valence-corrected chi connectivity index (χ3v) is 3.85. The van der Waals surface area contributed by atoms with Crippen LogP contribution in [0.4, 0.5) is 0 Å². The molecule has 0 heterocycles. The molecule has 1 N–H and O–H groups in total. The van der Waals surface area contributed by atoms with Crippen LogP contribution in [0.25, 0.3) is 0 Å². The van der Waals surface area contributed by atoms with Crippen molar-refractivity contribution < 1.29 is 4.90 Å². The molecule has 1 saturated carbocycles. The minimum absolute atomic E-state index is 0.963. The quantitative estimate of drug-likeness (QED) is 0.646. The summed E-state index contributed by atoms with van der Waals surface area (Å²) in [7, 11) is 4.53. The van der Waals surface area contributed by atoms with E-state index >= 15 is 0 Å². The zero-order valence-electron chi connectivity index (χ0n) is 9.22. The van der Waals surface area contributed by atoms with Crippen LogP contribution >= 0.6 is 0 Å². The van der Waals surface area contributed by atoms with Gasteiger partial charge in [0.25, 0.3) is 0 Å². The molecule has 12 heavy (non-hydrogen) atoms. The summed E-state index contributed by atoms with van der Waals surface area (Å²) in [6.07, 6.45) is 1.38. The minimum atomic E-state index is 0.963. The molecular formula is C11H24N+. The smallest absolute Gasteiger partial charge is 0.0800 e. The van der Waals surface area contributed by atoms with Gasteiger partial charge in [0.05, 0.1) is 20.6 Å². The summed E-state index contributed by atoms with van der Waals surface area (Å²) in [6.45, 7) is 8.54. The molecule has 0 spiro atoms. The first kappa shape index (κ1) is 10.0. The lowest BCUT2D eigenvalue weighted by molar-refractivity contribution is -0.864. The lowest BCUT2D eigenvalue weighted by Gasteiger charge is -2.49. The monoisotopic (exact) mass is 170 g/mol. The highest BCUT2D eigenvalue weighted by Crippen LogP contribution is 2.46. The second kappa shape index (κ2) is 3.78. The molecule has 4 atom stereocenters. The van der Waals surface area contributed by atoms with E-state index in [0.717, 1.165) is 23.7 Å². The minimum Gasteiger partial charge on any atom is -0.340 e. The number of nitrogens with one attached hydrogen (secondary N) is 1. The largest absolute Gasteiger partial charge is 0.340 e. The van der Waals surface area contributed by atoms with E-state index in [1.807, 2.05) is 0 Å². The first-order valence-corrected chi connectivity index (χ1v) is 5.37. The average Bonchev–Trinajstić information content (AvgIpc) is 2.03. The van der Waals surface area contributed by atoms with Gasteiger partial charge >= 0.3 is 0 Å². The van der Waals surface area contributed by atoms with Crippen molar-refractivity contribution in [3.8, 4) is 0 Å². The highest BCUT2D eigenvalue weighted by Gasteiger charge is 2.44. The zero-order valence-corrected chi connectivity index (χ0v) is 9.22. The Morgan fingerprint density at radius 1 is 1.00 bits per heavy atom. The van der Waals surface area contributed by atoms with Crippen molar-refractivity contribution in [1.29, 1.82) is 0 Å². The lowest BCUT2D eigenvalue weighted by Crippen LogP contribution is -3.07. The zero-order chi connectivity index (χ0) is 9.30. The fourth-order valence-corrected chi connectivity index (χ4v) is 2.90. The fraction of sp³-hybridized carbons (Fsp3) is 1.00. The standard InChI is InChI=1S/C11H23N/c1-6-10-8(2)9(3)11(10)7-12(4)5/h8-11H,6-7H2,1-5H3/p+1. The molecule has 0 aliphatic heterocycles. The summed E-state index contributed by atoms with van der Waals surface area (Å²) >= 11 is 0. The normalized spacial score (nSPS) is 41.5. The van der Waals surface area contributed by atoms with E-state index in [9.17, 15) is 0 Å². The molecule has 0 saturated heterocycles. The summed E-state index contributed by atoms with van der Waals surface area (Å²) in [6, 6.07) is 0. The Bertz CT molecular complexity index is 142. The van der Waals surface area contributed by atoms with Crippen LogP contribution in [0.15, 0.2) is 0 Å². The van der Waals surface area contributed by atoms with E-state index < -0.39 is 0 Å². The summed E-state index contributed by atoms with van der Waals surface area (Å²) < 4.78 is 0. The highest BCUT2D eigenvalue weighted by molar-refractivity contribution is 4.91. The van der Waals surface area contributed by atoms with Crippen LogP contribution in [-0.2, 0) is 0 Å². The van der Waals surface area contributed by atoms with Gasteiger partial charge < -0.3 is 4.90 Å². The van der Waals surface area contributed by atoms with Crippen molar-refractivity contribution in [3.05, 3.63) is 0 Å². The van der Waals surface area contributed by atoms with Crippen LogP contribution in [0.2, 0.25) is 0 Å². The first-order valence-electron chi connectivity index (χ1n) is 5.37. The van der Waals surface area contributed by atoms with Crippen LogP contribution in [-0.4, -0.2) is 20.6 Å². The predicted molar refractivity (Wildman–Crippen MR) is 53.3 cm³/mol. The van der Waals surface area contributed by atoms with E-state index in [4.69, 9.17) is 0 Å². The van der Waals surface area contributed by atoms with Gasteiger partial charge in [-0.1, -0.05) is 27.2 Å². The van der Waals surface area contributed by atoms with E-state index in [1.165, 1.54) is 13.0 Å². The number of rotatable bonds is 3. The van der Waals surface area contributed by atoms with Crippen molar-refractivity contribution in [2.75, 3.05) is 20.6 Å². The van der Waals surface area contributed by atoms with E-state index in [0.29, 0.717) is 0 Å². The third kappa shape index (κ3) is 1.66. The van der Waals surface area contributed by atoms with Gasteiger partial charge in [0.1, 0.15) is 0 Å². The Labute approximate surface area is 77.1 Å². The molecule has 0 aromatic rings. The van der Waals surface area contributed by atoms with Crippen LogP contribution in [0, 0.1) is 23.7 Å². The fourth-order valence-electron chi connectivity index (χ4n) is 2.90. The molecule has 0 bridgehead atoms.